The number of rotatable bonds is 7. The smallest absolute Gasteiger partial charge is 0.247 e. The third-order valence-electron chi connectivity index (χ3n) is 3.92. The predicted octanol–water partition coefficient (Wildman–Crippen LogP) is 1.12. The summed E-state index contributed by atoms with van der Waals surface area (Å²) in [7, 11) is -1.03. The molecule has 1 aliphatic rings. The van der Waals surface area contributed by atoms with E-state index in [-0.39, 0.29) is 17.5 Å². The Kier molecular flexibility index (Phi) is 5.55. The van der Waals surface area contributed by atoms with Crippen molar-refractivity contribution < 1.29 is 8.42 Å². The lowest BCUT2D eigenvalue weighted by Crippen LogP contribution is -2.34. The van der Waals surface area contributed by atoms with Gasteiger partial charge in [-0.2, -0.15) is 10.1 Å². The van der Waals surface area contributed by atoms with Crippen LogP contribution in [0.2, 0.25) is 0 Å². The van der Waals surface area contributed by atoms with E-state index in [2.05, 4.69) is 33.9 Å². The van der Waals surface area contributed by atoms with Crippen LogP contribution in [-0.4, -0.2) is 61.3 Å². The fourth-order valence-corrected chi connectivity index (χ4v) is 4.48. The first-order chi connectivity index (χ1) is 10.5. The van der Waals surface area contributed by atoms with E-state index in [9.17, 15) is 8.42 Å². The Hall–Kier alpha value is -1.44. The summed E-state index contributed by atoms with van der Waals surface area (Å²) in [6, 6.07) is -0.0275. The molecule has 0 amide bonds. The van der Waals surface area contributed by atoms with E-state index in [4.69, 9.17) is 0 Å². The molecule has 7 nitrogen and oxygen atoms in total. The lowest BCUT2D eigenvalue weighted by molar-refractivity contribution is 0.600. The summed E-state index contributed by atoms with van der Waals surface area (Å²) in [6.07, 6.45) is 4.28. The van der Waals surface area contributed by atoms with Gasteiger partial charge in [-0.05, 0) is 19.3 Å². The molecule has 1 aromatic rings. The Morgan fingerprint density at radius 3 is 2.50 bits per heavy atom. The molecule has 0 aliphatic carbocycles. The molecule has 124 valence electrons. The van der Waals surface area contributed by atoms with E-state index in [0.29, 0.717) is 18.2 Å². The average Bonchev–Trinajstić information content (AvgIpc) is 2.86. The zero-order chi connectivity index (χ0) is 16.2. The van der Waals surface area contributed by atoms with Crippen molar-refractivity contribution in [3.8, 4) is 0 Å². The number of sulfone groups is 1. The lowest BCUT2D eigenvalue weighted by atomic mass is 10.2. The zero-order valence-electron chi connectivity index (χ0n) is 13.6. The zero-order valence-corrected chi connectivity index (χ0v) is 14.4. The van der Waals surface area contributed by atoms with Crippen LogP contribution in [-0.2, 0) is 9.84 Å². The lowest BCUT2D eigenvalue weighted by Gasteiger charge is -2.26. The van der Waals surface area contributed by atoms with E-state index < -0.39 is 9.84 Å². The highest BCUT2D eigenvalue weighted by Gasteiger charge is 2.31. The van der Waals surface area contributed by atoms with Gasteiger partial charge in [0.1, 0.15) is 0 Å². The summed E-state index contributed by atoms with van der Waals surface area (Å²) in [4.78, 5) is 8.62. The van der Waals surface area contributed by atoms with Crippen molar-refractivity contribution in [1.82, 2.24) is 15.2 Å². The van der Waals surface area contributed by atoms with Crippen LogP contribution >= 0.6 is 0 Å². The maximum absolute atomic E-state index is 11.6. The van der Waals surface area contributed by atoms with Gasteiger partial charge in [-0.1, -0.05) is 13.8 Å². The second-order valence-corrected chi connectivity index (χ2v) is 8.00. The molecule has 2 heterocycles. The van der Waals surface area contributed by atoms with Gasteiger partial charge in [0, 0.05) is 26.2 Å². The average molecular weight is 327 g/mol. The van der Waals surface area contributed by atoms with Crippen LogP contribution in [0.15, 0.2) is 6.20 Å². The van der Waals surface area contributed by atoms with Crippen molar-refractivity contribution >= 4 is 21.6 Å². The molecule has 8 heteroatoms. The topological polar surface area (TPSA) is 79.3 Å². The van der Waals surface area contributed by atoms with Gasteiger partial charge in [0.25, 0.3) is 0 Å². The second kappa shape index (κ2) is 7.21. The standard InChI is InChI=1S/C14H25N5O2S/c1-4-7-19(8-5-2)14-16-13(10-15-17-14)18(3)12-6-9-22(20,21)11-12/h10,12H,4-9,11H2,1-3H3. The van der Waals surface area contributed by atoms with Crippen LogP contribution < -0.4 is 9.80 Å². The molecule has 1 saturated heterocycles. The van der Waals surface area contributed by atoms with Crippen LogP contribution in [0.4, 0.5) is 11.8 Å². The summed E-state index contributed by atoms with van der Waals surface area (Å²) < 4.78 is 23.3. The summed E-state index contributed by atoms with van der Waals surface area (Å²) in [5, 5.41) is 8.19. The first-order valence-electron chi connectivity index (χ1n) is 7.84. The SMILES string of the molecule is CCCN(CCC)c1nncc(N(C)C2CCS(=O)(=O)C2)n1. The van der Waals surface area contributed by atoms with Gasteiger partial charge in [0.05, 0.1) is 17.7 Å². The molecule has 0 N–H and O–H groups in total. The van der Waals surface area contributed by atoms with Gasteiger partial charge in [-0.15, -0.1) is 5.10 Å². The number of hydrogen-bond donors (Lipinski definition) is 0. The molecule has 0 aromatic carbocycles. The number of anilines is 2. The monoisotopic (exact) mass is 327 g/mol. The Morgan fingerprint density at radius 1 is 1.27 bits per heavy atom. The van der Waals surface area contributed by atoms with Crippen molar-refractivity contribution in [3.63, 3.8) is 0 Å². The van der Waals surface area contributed by atoms with Crippen LogP contribution in [0.3, 0.4) is 0 Å². The number of nitrogens with zero attached hydrogens (tertiary/aromatic N) is 5. The minimum Gasteiger partial charge on any atom is -0.354 e. The first kappa shape index (κ1) is 16.9. The highest BCUT2D eigenvalue weighted by atomic mass is 32.2. The quantitative estimate of drug-likeness (QED) is 0.742. The van der Waals surface area contributed by atoms with Gasteiger partial charge in [0.2, 0.25) is 5.95 Å². The van der Waals surface area contributed by atoms with Crippen molar-refractivity contribution in [2.75, 3.05) is 41.4 Å². The third-order valence-corrected chi connectivity index (χ3v) is 5.67. The van der Waals surface area contributed by atoms with Gasteiger partial charge < -0.3 is 9.80 Å². The molecule has 0 saturated carbocycles. The van der Waals surface area contributed by atoms with E-state index in [1.165, 1.54) is 0 Å². The van der Waals surface area contributed by atoms with Crippen LogP contribution in [0.5, 0.6) is 0 Å². The highest BCUT2D eigenvalue weighted by Crippen LogP contribution is 2.22. The molecule has 22 heavy (non-hydrogen) atoms. The van der Waals surface area contributed by atoms with Gasteiger partial charge >= 0.3 is 0 Å². The van der Waals surface area contributed by atoms with Crippen molar-refractivity contribution in [2.45, 2.75) is 39.2 Å². The molecule has 1 fully saturated rings. The first-order valence-corrected chi connectivity index (χ1v) is 9.67. The van der Waals surface area contributed by atoms with Gasteiger partial charge in [-0.3, -0.25) is 0 Å². The van der Waals surface area contributed by atoms with Crippen molar-refractivity contribution in [3.05, 3.63) is 6.20 Å². The van der Waals surface area contributed by atoms with Crippen molar-refractivity contribution in [1.29, 1.82) is 0 Å². The second-order valence-electron chi connectivity index (χ2n) is 5.77. The summed E-state index contributed by atoms with van der Waals surface area (Å²) in [5.74, 6) is 1.75. The van der Waals surface area contributed by atoms with E-state index in [1.54, 1.807) is 6.20 Å². The normalized spacial score (nSPS) is 20.0. The van der Waals surface area contributed by atoms with Crippen molar-refractivity contribution in [2.24, 2.45) is 0 Å². The fraction of sp³-hybridized carbons (Fsp3) is 0.786. The van der Waals surface area contributed by atoms with Crippen LogP contribution in [0.1, 0.15) is 33.1 Å². The van der Waals surface area contributed by atoms with E-state index in [1.807, 2.05) is 11.9 Å². The molecule has 0 spiro atoms. The highest BCUT2D eigenvalue weighted by molar-refractivity contribution is 7.91. The Bertz CT molecular complexity index is 587. The largest absolute Gasteiger partial charge is 0.354 e. The fourth-order valence-electron chi connectivity index (χ4n) is 2.71. The van der Waals surface area contributed by atoms with Gasteiger partial charge in [-0.25, -0.2) is 8.42 Å². The molecular formula is C14H25N5O2S. The third kappa shape index (κ3) is 4.06. The molecule has 0 bridgehead atoms. The Balaban J connectivity index is 2.16. The molecule has 1 aliphatic heterocycles. The molecule has 0 radical (unpaired) electrons. The summed E-state index contributed by atoms with van der Waals surface area (Å²) in [5.41, 5.74) is 0. The van der Waals surface area contributed by atoms with Crippen LogP contribution in [0, 0.1) is 0 Å². The van der Waals surface area contributed by atoms with E-state index in [0.717, 1.165) is 25.9 Å². The number of aromatic nitrogens is 3. The Labute approximate surface area is 132 Å². The molecule has 1 unspecified atom stereocenters. The molecular weight excluding hydrogens is 302 g/mol. The predicted molar refractivity (Wildman–Crippen MR) is 88.1 cm³/mol. The minimum atomic E-state index is -2.91. The number of hydrogen-bond acceptors (Lipinski definition) is 7. The molecule has 2 rings (SSSR count). The summed E-state index contributed by atoms with van der Waals surface area (Å²) in [6.45, 7) is 6.02. The molecule has 1 atom stereocenters. The van der Waals surface area contributed by atoms with Crippen LogP contribution in [0.25, 0.3) is 0 Å². The minimum absolute atomic E-state index is 0.0275. The van der Waals surface area contributed by atoms with E-state index >= 15 is 0 Å². The maximum atomic E-state index is 11.6. The summed E-state index contributed by atoms with van der Waals surface area (Å²) >= 11 is 0. The maximum Gasteiger partial charge on any atom is 0.247 e. The van der Waals surface area contributed by atoms with Gasteiger partial charge in [0.15, 0.2) is 15.7 Å². The Morgan fingerprint density at radius 2 is 1.95 bits per heavy atom. The molecule has 1 aromatic heterocycles.